The molecule has 0 aliphatic heterocycles. The molecule has 0 amide bonds. The van der Waals surface area contributed by atoms with Crippen molar-refractivity contribution in [2.45, 2.75) is 0 Å². The second-order valence-corrected chi connectivity index (χ2v) is 16.5. The maximum atomic E-state index is 2.28. The standard InChI is InChI=1S/C66H48/c1-4-16-52(17-5-1)55-34-40-61(41-35-55)64-25-13-10-22-58(64)31-28-49-46-50(29-32-59-23-11-14-26-65(59)62-42-36-56(37-43-62)53-18-6-2-7-19-53)48-51(47-49)30-33-60-24-12-15-27-66(60)63-44-38-57(39-45-63)54-20-8-3-9-21-54/h1-48H. The van der Waals surface area contributed by atoms with Crippen LogP contribution in [-0.4, -0.2) is 0 Å². The predicted octanol–water partition coefficient (Wildman–Crippen LogP) is 18.2. The smallest absolute Gasteiger partial charge is 0.0111 e. The Labute approximate surface area is 389 Å². The highest BCUT2D eigenvalue weighted by atomic mass is 14.1. The average Bonchev–Trinajstić information content (AvgIpc) is 3.40. The molecule has 0 saturated heterocycles. The minimum Gasteiger partial charge on any atom is -0.0622 e. The van der Waals surface area contributed by atoms with Gasteiger partial charge in [-0.2, -0.15) is 0 Å². The summed E-state index contributed by atoms with van der Waals surface area (Å²) in [6.45, 7) is 0. The number of benzene rings is 10. The van der Waals surface area contributed by atoms with E-state index in [9.17, 15) is 0 Å². The van der Waals surface area contributed by atoms with Crippen molar-refractivity contribution < 1.29 is 0 Å². The van der Waals surface area contributed by atoms with E-state index in [0.29, 0.717) is 0 Å². The molecule has 0 aliphatic carbocycles. The van der Waals surface area contributed by atoms with Gasteiger partial charge in [-0.3, -0.25) is 0 Å². The van der Waals surface area contributed by atoms with Gasteiger partial charge in [-0.15, -0.1) is 0 Å². The Balaban J connectivity index is 0.981. The van der Waals surface area contributed by atoms with Crippen LogP contribution in [0.25, 0.3) is 103 Å². The molecule has 0 bridgehead atoms. The first-order valence-electron chi connectivity index (χ1n) is 22.6. The van der Waals surface area contributed by atoms with Crippen LogP contribution in [0.15, 0.2) is 255 Å². The van der Waals surface area contributed by atoms with Gasteiger partial charge in [-0.25, -0.2) is 0 Å². The van der Waals surface area contributed by atoms with E-state index < -0.39 is 0 Å². The van der Waals surface area contributed by atoms with Gasteiger partial charge in [0.1, 0.15) is 0 Å². The van der Waals surface area contributed by atoms with Crippen LogP contribution in [0.5, 0.6) is 0 Å². The SMILES string of the molecule is C(=Cc1ccccc1-c1ccc(-c2ccccc2)cc1)c1cc(C=Cc2ccccc2-c2ccc(-c3ccccc3)cc2)cc(C=Cc2ccccc2-c2ccc(-c3ccccc3)cc2)c1. The topological polar surface area (TPSA) is 0 Å². The highest BCUT2D eigenvalue weighted by Gasteiger charge is 2.08. The van der Waals surface area contributed by atoms with Crippen molar-refractivity contribution in [2.24, 2.45) is 0 Å². The van der Waals surface area contributed by atoms with Crippen LogP contribution in [0.3, 0.4) is 0 Å². The van der Waals surface area contributed by atoms with E-state index >= 15 is 0 Å². The van der Waals surface area contributed by atoms with Crippen molar-refractivity contribution in [3.8, 4) is 66.8 Å². The van der Waals surface area contributed by atoms with Crippen LogP contribution < -0.4 is 0 Å². The van der Waals surface area contributed by atoms with E-state index in [1.807, 2.05) is 0 Å². The second-order valence-electron chi connectivity index (χ2n) is 16.5. The van der Waals surface area contributed by atoms with E-state index in [-0.39, 0.29) is 0 Å². The fourth-order valence-corrected chi connectivity index (χ4v) is 8.68. The molecule has 0 radical (unpaired) electrons. The maximum absolute atomic E-state index is 2.28. The molecule has 0 unspecified atom stereocenters. The van der Waals surface area contributed by atoms with Gasteiger partial charge in [0.25, 0.3) is 0 Å². The summed E-state index contributed by atoms with van der Waals surface area (Å²) in [4.78, 5) is 0. The van der Waals surface area contributed by atoms with Gasteiger partial charge in [-0.05, 0) is 118 Å². The van der Waals surface area contributed by atoms with Crippen LogP contribution in [0.4, 0.5) is 0 Å². The van der Waals surface area contributed by atoms with Gasteiger partial charge in [0, 0.05) is 0 Å². The van der Waals surface area contributed by atoms with E-state index in [2.05, 4.69) is 291 Å². The fourth-order valence-electron chi connectivity index (χ4n) is 8.68. The van der Waals surface area contributed by atoms with Crippen molar-refractivity contribution in [3.63, 3.8) is 0 Å². The molecule has 10 aromatic rings. The number of rotatable bonds is 12. The van der Waals surface area contributed by atoms with E-state index in [1.165, 1.54) is 83.5 Å². The average molecular weight is 841 g/mol. The summed E-state index contributed by atoms with van der Waals surface area (Å²) in [5, 5.41) is 0. The molecule has 0 N–H and O–H groups in total. The van der Waals surface area contributed by atoms with Gasteiger partial charge in [0.05, 0.1) is 0 Å². The number of hydrogen-bond donors (Lipinski definition) is 0. The lowest BCUT2D eigenvalue weighted by Gasteiger charge is -2.10. The van der Waals surface area contributed by atoms with Crippen LogP contribution in [0.1, 0.15) is 33.4 Å². The molecular weight excluding hydrogens is 793 g/mol. The first kappa shape index (κ1) is 41.4. The van der Waals surface area contributed by atoms with Gasteiger partial charge in [0.2, 0.25) is 0 Å². The first-order chi connectivity index (χ1) is 32.7. The monoisotopic (exact) mass is 840 g/mol. The zero-order chi connectivity index (χ0) is 44.3. The minimum atomic E-state index is 1.13. The largest absolute Gasteiger partial charge is 0.0622 e. The summed E-state index contributed by atoms with van der Waals surface area (Å²) in [7, 11) is 0. The predicted molar refractivity (Wildman–Crippen MR) is 285 cm³/mol. The first-order valence-corrected chi connectivity index (χ1v) is 22.6. The Morgan fingerprint density at radius 1 is 0.167 bits per heavy atom. The molecule has 66 heavy (non-hydrogen) atoms. The van der Waals surface area contributed by atoms with E-state index in [4.69, 9.17) is 0 Å². The molecule has 10 rings (SSSR count). The Bertz CT molecular complexity index is 2910. The third-order valence-corrected chi connectivity index (χ3v) is 12.2. The molecule has 0 nitrogen and oxygen atoms in total. The molecule has 0 spiro atoms. The third kappa shape index (κ3) is 9.80. The van der Waals surface area contributed by atoms with Crippen molar-refractivity contribution >= 4 is 36.5 Å². The lowest BCUT2D eigenvalue weighted by Crippen LogP contribution is -1.86. The minimum absolute atomic E-state index is 1.13. The highest BCUT2D eigenvalue weighted by molar-refractivity contribution is 5.87. The molecule has 10 aromatic carbocycles. The maximum Gasteiger partial charge on any atom is -0.0111 e. The highest BCUT2D eigenvalue weighted by Crippen LogP contribution is 2.32. The van der Waals surface area contributed by atoms with Crippen molar-refractivity contribution in [1.29, 1.82) is 0 Å². The van der Waals surface area contributed by atoms with Crippen LogP contribution >= 0.6 is 0 Å². The van der Waals surface area contributed by atoms with E-state index in [1.54, 1.807) is 0 Å². The Hall–Kier alpha value is -8.58. The molecule has 0 fully saturated rings. The molecule has 312 valence electrons. The Morgan fingerprint density at radius 3 is 0.652 bits per heavy atom. The number of hydrogen-bond acceptors (Lipinski definition) is 0. The summed E-state index contributed by atoms with van der Waals surface area (Å²) in [6.07, 6.45) is 13.5. The van der Waals surface area contributed by atoms with Crippen molar-refractivity contribution in [2.75, 3.05) is 0 Å². The lowest BCUT2D eigenvalue weighted by atomic mass is 9.95. The molecule has 0 aliphatic rings. The normalized spacial score (nSPS) is 11.5. The van der Waals surface area contributed by atoms with Crippen LogP contribution in [0, 0.1) is 0 Å². The summed E-state index contributed by atoms with van der Waals surface area (Å²) >= 11 is 0. The van der Waals surface area contributed by atoms with Crippen LogP contribution in [0.2, 0.25) is 0 Å². The third-order valence-electron chi connectivity index (χ3n) is 12.2. The molecule has 0 atom stereocenters. The molecular formula is C66H48. The Kier molecular flexibility index (Phi) is 12.5. The van der Waals surface area contributed by atoms with Crippen molar-refractivity contribution in [3.05, 3.63) is 288 Å². The molecule has 0 aromatic heterocycles. The lowest BCUT2D eigenvalue weighted by molar-refractivity contribution is 1.56. The summed E-state index contributed by atoms with van der Waals surface area (Å²) in [5.41, 5.74) is 21.4. The van der Waals surface area contributed by atoms with Gasteiger partial charge < -0.3 is 0 Å². The molecule has 0 heterocycles. The van der Waals surface area contributed by atoms with Gasteiger partial charge in [-0.1, -0.05) is 273 Å². The van der Waals surface area contributed by atoms with E-state index in [0.717, 1.165) is 16.7 Å². The second kappa shape index (κ2) is 19.9. The van der Waals surface area contributed by atoms with Gasteiger partial charge in [0.15, 0.2) is 0 Å². The fraction of sp³-hybridized carbons (Fsp3) is 0. The van der Waals surface area contributed by atoms with Gasteiger partial charge >= 0.3 is 0 Å². The summed E-state index contributed by atoms with van der Waals surface area (Å²) in [6, 6.07) is 91.2. The van der Waals surface area contributed by atoms with Crippen LogP contribution in [-0.2, 0) is 0 Å². The quantitative estimate of drug-likeness (QED) is 0.108. The summed E-state index contributed by atoms with van der Waals surface area (Å²) < 4.78 is 0. The zero-order valence-electron chi connectivity index (χ0n) is 36.7. The summed E-state index contributed by atoms with van der Waals surface area (Å²) in [5.74, 6) is 0. The zero-order valence-corrected chi connectivity index (χ0v) is 36.7. The molecule has 0 heteroatoms. The van der Waals surface area contributed by atoms with Crippen molar-refractivity contribution in [1.82, 2.24) is 0 Å². The molecule has 0 saturated carbocycles. The Morgan fingerprint density at radius 2 is 0.379 bits per heavy atom.